The van der Waals surface area contributed by atoms with Crippen molar-refractivity contribution in [1.29, 1.82) is 0 Å². The van der Waals surface area contributed by atoms with Crippen LogP contribution in [0.15, 0.2) is 11.1 Å². The standard InChI is InChI=1S/C8H14O.C2H6.H2S/c1-7(2)8-3-5-9-6-4-8;1-2;/h3-6H2,1-2H3;1-2H3;1H2. The third-order valence-corrected chi connectivity index (χ3v) is 1.80. The van der Waals surface area contributed by atoms with Gasteiger partial charge in [0.2, 0.25) is 0 Å². The van der Waals surface area contributed by atoms with Crippen molar-refractivity contribution in [3.05, 3.63) is 11.1 Å². The molecular weight excluding hydrogens is 168 g/mol. The monoisotopic (exact) mass is 190 g/mol. The van der Waals surface area contributed by atoms with Crippen LogP contribution in [-0.4, -0.2) is 13.2 Å². The highest BCUT2D eigenvalue weighted by Crippen LogP contribution is 2.16. The number of ether oxygens (including phenoxy) is 1. The minimum absolute atomic E-state index is 0. The van der Waals surface area contributed by atoms with Gasteiger partial charge < -0.3 is 4.74 Å². The first kappa shape index (κ1) is 14.6. The van der Waals surface area contributed by atoms with Crippen LogP contribution in [-0.2, 0) is 4.74 Å². The van der Waals surface area contributed by atoms with Crippen LogP contribution in [0.2, 0.25) is 0 Å². The zero-order valence-electron chi connectivity index (χ0n) is 8.74. The lowest BCUT2D eigenvalue weighted by Crippen LogP contribution is -2.07. The summed E-state index contributed by atoms with van der Waals surface area (Å²) in [6, 6.07) is 0. The van der Waals surface area contributed by atoms with Crippen molar-refractivity contribution >= 4 is 13.5 Å². The van der Waals surface area contributed by atoms with E-state index in [4.69, 9.17) is 4.74 Å². The molecule has 0 aromatic carbocycles. The Balaban J connectivity index is 0. The van der Waals surface area contributed by atoms with Crippen molar-refractivity contribution in [1.82, 2.24) is 0 Å². The van der Waals surface area contributed by atoms with Gasteiger partial charge in [0.05, 0.1) is 13.2 Å². The van der Waals surface area contributed by atoms with Crippen LogP contribution in [0, 0.1) is 0 Å². The lowest BCUT2D eigenvalue weighted by Gasteiger charge is -2.15. The molecule has 0 radical (unpaired) electrons. The van der Waals surface area contributed by atoms with E-state index in [0.717, 1.165) is 26.1 Å². The summed E-state index contributed by atoms with van der Waals surface area (Å²) in [5.74, 6) is 0. The first-order chi connectivity index (χ1) is 5.30. The molecule has 1 aliphatic rings. The summed E-state index contributed by atoms with van der Waals surface area (Å²) < 4.78 is 5.22. The SMILES string of the molecule is CC.CC(C)=C1CCOCC1.S. The van der Waals surface area contributed by atoms with Gasteiger partial charge in [-0.2, -0.15) is 13.5 Å². The third kappa shape index (κ3) is 5.67. The Morgan fingerprint density at radius 3 is 1.75 bits per heavy atom. The second-order valence-corrected chi connectivity index (χ2v) is 2.72. The molecule has 1 nitrogen and oxygen atoms in total. The van der Waals surface area contributed by atoms with Gasteiger partial charge in [-0.1, -0.05) is 25.0 Å². The minimum atomic E-state index is 0. The molecule has 0 bridgehead atoms. The second-order valence-electron chi connectivity index (χ2n) is 2.72. The molecule has 0 amide bonds. The molecule has 0 aliphatic carbocycles. The van der Waals surface area contributed by atoms with Crippen LogP contribution < -0.4 is 0 Å². The zero-order valence-corrected chi connectivity index (χ0v) is 9.74. The van der Waals surface area contributed by atoms with E-state index >= 15 is 0 Å². The summed E-state index contributed by atoms with van der Waals surface area (Å²) in [4.78, 5) is 0. The molecule has 1 saturated heterocycles. The zero-order chi connectivity index (χ0) is 8.69. The van der Waals surface area contributed by atoms with Crippen LogP contribution in [0.3, 0.4) is 0 Å². The van der Waals surface area contributed by atoms with E-state index < -0.39 is 0 Å². The van der Waals surface area contributed by atoms with Gasteiger partial charge in [-0.25, -0.2) is 0 Å². The van der Waals surface area contributed by atoms with Crippen LogP contribution in [0.1, 0.15) is 40.5 Å². The summed E-state index contributed by atoms with van der Waals surface area (Å²) in [6.07, 6.45) is 2.31. The quantitative estimate of drug-likeness (QED) is 0.533. The van der Waals surface area contributed by atoms with Crippen LogP contribution >= 0.6 is 13.5 Å². The molecule has 0 unspecified atom stereocenters. The van der Waals surface area contributed by atoms with Gasteiger partial charge in [0.25, 0.3) is 0 Å². The normalized spacial score (nSPS) is 15.5. The van der Waals surface area contributed by atoms with E-state index in [2.05, 4.69) is 13.8 Å². The van der Waals surface area contributed by atoms with Gasteiger partial charge in [0, 0.05) is 0 Å². The summed E-state index contributed by atoms with van der Waals surface area (Å²) in [5.41, 5.74) is 3.08. The summed E-state index contributed by atoms with van der Waals surface area (Å²) >= 11 is 0. The minimum Gasteiger partial charge on any atom is -0.381 e. The highest BCUT2D eigenvalue weighted by Gasteiger charge is 2.05. The smallest absolute Gasteiger partial charge is 0.0503 e. The number of rotatable bonds is 0. The lowest BCUT2D eigenvalue weighted by atomic mass is 10.0. The van der Waals surface area contributed by atoms with Crippen LogP contribution in [0.5, 0.6) is 0 Å². The molecule has 0 aromatic heterocycles. The molecule has 1 fully saturated rings. The number of allylic oxidation sites excluding steroid dienone is 1. The summed E-state index contributed by atoms with van der Waals surface area (Å²) in [6.45, 7) is 10.2. The molecule has 0 atom stereocenters. The molecule has 2 heteroatoms. The van der Waals surface area contributed by atoms with Crippen LogP contribution in [0.4, 0.5) is 0 Å². The first-order valence-corrected chi connectivity index (χ1v) is 4.53. The van der Waals surface area contributed by atoms with E-state index in [1.165, 1.54) is 5.57 Å². The molecule has 0 spiro atoms. The average molecular weight is 190 g/mol. The Bertz CT molecular complexity index is 118. The van der Waals surface area contributed by atoms with Gasteiger partial charge in [-0.15, -0.1) is 0 Å². The lowest BCUT2D eigenvalue weighted by molar-refractivity contribution is 0.118. The highest BCUT2D eigenvalue weighted by atomic mass is 32.1. The molecule has 0 saturated carbocycles. The highest BCUT2D eigenvalue weighted by molar-refractivity contribution is 7.59. The van der Waals surface area contributed by atoms with Gasteiger partial charge in [0.1, 0.15) is 0 Å². The Morgan fingerprint density at radius 1 is 1.08 bits per heavy atom. The van der Waals surface area contributed by atoms with Crippen molar-refractivity contribution in [2.45, 2.75) is 40.5 Å². The number of hydrogen-bond acceptors (Lipinski definition) is 1. The molecule has 1 heterocycles. The number of hydrogen-bond donors (Lipinski definition) is 0. The fraction of sp³-hybridized carbons (Fsp3) is 0.800. The van der Waals surface area contributed by atoms with Crippen molar-refractivity contribution in [3.8, 4) is 0 Å². The van der Waals surface area contributed by atoms with Crippen molar-refractivity contribution < 1.29 is 4.74 Å². The Hall–Kier alpha value is 0.0500. The largest absolute Gasteiger partial charge is 0.381 e. The van der Waals surface area contributed by atoms with Crippen molar-refractivity contribution in [2.75, 3.05) is 13.2 Å². The first-order valence-electron chi connectivity index (χ1n) is 4.53. The van der Waals surface area contributed by atoms with Gasteiger partial charge >= 0.3 is 0 Å². The predicted octanol–water partition coefficient (Wildman–Crippen LogP) is 3.27. The molecule has 0 aromatic rings. The summed E-state index contributed by atoms with van der Waals surface area (Å²) in [5, 5.41) is 0. The maximum atomic E-state index is 5.22. The van der Waals surface area contributed by atoms with Gasteiger partial charge in [-0.05, 0) is 26.7 Å². The maximum absolute atomic E-state index is 5.22. The maximum Gasteiger partial charge on any atom is 0.0503 e. The molecule has 0 N–H and O–H groups in total. The van der Waals surface area contributed by atoms with Crippen molar-refractivity contribution in [2.24, 2.45) is 0 Å². The van der Waals surface area contributed by atoms with Gasteiger partial charge in [-0.3, -0.25) is 0 Å². The topological polar surface area (TPSA) is 9.23 Å². The predicted molar refractivity (Wildman–Crippen MR) is 60.2 cm³/mol. The second kappa shape index (κ2) is 9.14. The molecule has 74 valence electrons. The Morgan fingerprint density at radius 2 is 1.50 bits per heavy atom. The van der Waals surface area contributed by atoms with Crippen molar-refractivity contribution in [3.63, 3.8) is 0 Å². The van der Waals surface area contributed by atoms with E-state index in [1.807, 2.05) is 13.8 Å². The third-order valence-electron chi connectivity index (χ3n) is 1.80. The summed E-state index contributed by atoms with van der Waals surface area (Å²) in [7, 11) is 0. The van der Waals surface area contributed by atoms with Gasteiger partial charge in [0.15, 0.2) is 0 Å². The Kier molecular flexibility index (Phi) is 11.1. The van der Waals surface area contributed by atoms with E-state index in [9.17, 15) is 0 Å². The van der Waals surface area contributed by atoms with E-state index in [-0.39, 0.29) is 13.5 Å². The average Bonchev–Trinajstić information content (AvgIpc) is 2.10. The molecular formula is C10H22OS. The van der Waals surface area contributed by atoms with E-state index in [1.54, 1.807) is 5.57 Å². The molecule has 1 aliphatic heterocycles. The van der Waals surface area contributed by atoms with Crippen LogP contribution in [0.25, 0.3) is 0 Å². The molecule has 1 rings (SSSR count). The van der Waals surface area contributed by atoms with E-state index in [0.29, 0.717) is 0 Å². The fourth-order valence-electron chi connectivity index (χ4n) is 1.12. The fourth-order valence-corrected chi connectivity index (χ4v) is 1.12. The molecule has 12 heavy (non-hydrogen) atoms. The Labute approximate surface area is 83.6 Å².